The lowest BCUT2D eigenvalue weighted by Crippen LogP contribution is -2.38. The molecule has 1 N–H and O–H groups in total. The van der Waals surface area contributed by atoms with Gasteiger partial charge in [0.25, 0.3) is 5.56 Å². The summed E-state index contributed by atoms with van der Waals surface area (Å²) in [5.74, 6) is 0.596. The highest BCUT2D eigenvalue weighted by atomic mass is 16.5. The monoisotopic (exact) mass is 398 g/mol. The first kappa shape index (κ1) is 21.0. The number of ether oxygens (including phenoxy) is 1. The van der Waals surface area contributed by atoms with E-state index < -0.39 is 0 Å². The average Bonchev–Trinajstić information content (AvgIpc) is 2.74. The summed E-state index contributed by atoms with van der Waals surface area (Å²) < 4.78 is 5.34. The Hall–Kier alpha value is -2.67. The summed E-state index contributed by atoms with van der Waals surface area (Å²) >= 11 is 0. The number of carbonyl (C=O) groups excluding carboxylic acids is 1. The largest absolute Gasteiger partial charge is 0.378 e. The summed E-state index contributed by atoms with van der Waals surface area (Å²) in [6, 6.07) is 8.31. The van der Waals surface area contributed by atoms with Gasteiger partial charge in [-0.25, -0.2) is 4.98 Å². The number of carbonyl (C=O) groups is 1. The zero-order chi connectivity index (χ0) is 20.8. The predicted molar refractivity (Wildman–Crippen MR) is 113 cm³/mol. The normalized spacial score (nSPS) is 14.1. The van der Waals surface area contributed by atoms with Crippen molar-refractivity contribution in [2.45, 2.75) is 39.7 Å². The number of amides is 1. The van der Waals surface area contributed by atoms with Gasteiger partial charge in [0.15, 0.2) is 0 Å². The number of anilines is 1. The van der Waals surface area contributed by atoms with E-state index in [2.05, 4.69) is 41.2 Å². The zero-order valence-corrected chi connectivity index (χ0v) is 17.5. The molecule has 3 rings (SSSR count). The Balaban J connectivity index is 1.59. The minimum atomic E-state index is -0.162. The van der Waals surface area contributed by atoms with Crippen LogP contribution in [-0.2, 0) is 28.9 Å². The summed E-state index contributed by atoms with van der Waals surface area (Å²) in [6.45, 7) is 7.20. The van der Waals surface area contributed by atoms with E-state index in [1.54, 1.807) is 11.9 Å². The molecule has 1 aromatic carbocycles. The van der Waals surface area contributed by atoms with Gasteiger partial charge in [-0.05, 0) is 30.9 Å². The van der Waals surface area contributed by atoms with Crippen molar-refractivity contribution in [2.24, 2.45) is 0 Å². The number of aromatic amines is 1. The molecule has 0 saturated carbocycles. The molecule has 0 aliphatic carbocycles. The number of hydrogen-bond donors (Lipinski definition) is 1. The Morgan fingerprint density at radius 1 is 1.21 bits per heavy atom. The van der Waals surface area contributed by atoms with Crippen molar-refractivity contribution in [3.8, 4) is 0 Å². The van der Waals surface area contributed by atoms with E-state index in [4.69, 9.17) is 4.74 Å². The minimum Gasteiger partial charge on any atom is -0.378 e. The predicted octanol–water partition coefficient (Wildman–Crippen LogP) is 2.07. The van der Waals surface area contributed by atoms with Crippen LogP contribution in [0.1, 0.15) is 35.7 Å². The van der Waals surface area contributed by atoms with E-state index >= 15 is 0 Å². The minimum absolute atomic E-state index is 0.0145. The fourth-order valence-corrected chi connectivity index (χ4v) is 3.48. The van der Waals surface area contributed by atoms with Crippen LogP contribution in [0.5, 0.6) is 0 Å². The van der Waals surface area contributed by atoms with E-state index in [-0.39, 0.29) is 17.9 Å². The van der Waals surface area contributed by atoms with Crippen molar-refractivity contribution >= 4 is 11.9 Å². The molecule has 1 fully saturated rings. The zero-order valence-electron chi connectivity index (χ0n) is 17.5. The van der Waals surface area contributed by atoms with Crippen molar-refractivity contribution in [3.63, 3.8) is 0 Å². The lowest BCUT2D eigenvalue weighted by atomic mass is 10.1. The quantitative estimate of drug-likeness (QED) is 0.773. The SMILES string of the molecule is CCc1ccc(CN(C)C(=O)CCc2c(C)nc(N3CCOCC3)[nH]c2=O)cc1. The highest BCUT2D eigenvalue weighted by molar-refractivity contribution is 5.76. The lowest BCUT2D eigenvalue weighted by molar-refractivity contribution is -0.130. The number of aryl methyl sites for hydroxylation is 2. The molecule has 2 heterocycles. The van der Waals surface area contributed by atoms with E-state index in [1.165, 1.54) is 5.56 Å². The van der Waals surface area contributed by atoms with E-state index in [0.717, 1.165) is 12.0 Å². The number of rotatable bonds is 7. The topological polar surface area (TPSA) is 78.5 Å². The first-order chi connectivity index (χ1) is 14.0. The fourth-order valence-electron chi connectivity index (χ4n) is 3.48. The molecule has 156 valence electrons. The van der Waals surface area contributed by atoms with Gasteiger partial charge in [-0.2, -0.15) is 0 Å². The fraction of sp³-hybridized carbons (Fsp3) is 0.500. The summed E-state index contributed by atoms with van der Waals surface area (Å²) in [5, 5.41) is 0. The number of morpholine rings is 1. The van der Waals surface area contributed by atoms with Gasteiger partial charge in [0.1, 0.15) is 0 Å². The van der Waals surface area contributed by atoms with Gasteiger partial charge in [0, 0.05) is 44.4 Å². The second kappa shape index (κ2) is 9.69. The van der Waals surface area contributed by atoms with Crippen LogP contribution in [0, 0.1) is 6.92 Å². The van der Waals surface area contributed by atoms with Gasteiger partial charge in [0.2, 0.25) is 11.9 Å². The molecule has 7 nitrogen and oxygen atoms in total. The van der Waals surface area contributed by atoms with E-state index in [0.29, 0.717) is 56.5 Å². The van der Waals surface area contributed by atoms with Gasteiger partial charge >= 0.3 is 0 Å². The molecule has 1 aliphatic heterocycles. The molecule has 1 saturated heterocycles. The molecular formula is C22H30N4O3. The Bertz CT molecular complexity index is 886. The number of H-pyrrole nitrogens is 1. The van der Waals surface area contributed by atoms with Gasteiger partial charge in [-0.3, -0.25) is 14.6 Å². The first-order valence-corrected chi connectivity index (χ1v) is 10.2. The van der Waals surface area contributed by atoms with Gasteiger partial charge in [-0.1, -0.05) is 31.2 Å². The number of nitrogens with zero attached hydrogens (tertiary/aromatic N) is 3. The third-order valence-corrected chi connectivity index (χ3v) is 5.39. The Kier molecular flexibility index (Phi) is 7.04. The van der Waals surface area contributed by atoms with Crippen molar-refractivity contribution in [3.05, 3.63) is 57.0 Å². The highest BCUT2D eigenvalue weighted by Gasteiger charge is 2.17. The summed E-state index contributed by atoms with van der Waals surface area (Å²) in [4.78, 5) is 36.3. The maximum Gasteiger partial charge on any atom is 0.255 e. The molecule has 2 aromatic rings. The summed E-state index contributed by atoms with van der Waals surface area (Å²) in [5.41, 5.74) is 3.48. The highest BCUT2D eigenvalue weighted by Crippen LogP contribution is 2.13. The summed E-state index contributed by atoms with van der Waals surface area (Å²) in [7, 11) is 1.80. The van der Waals surface area contributed by atoms with Crippen molar-refractivity contribution in [2.75, 3.05) is 38.3 Å². The van der Waals surface area contributed by atoms with Crippen LogP contribution >= 0.6 is 0 Å². The third kappa shape index (κ3) is 5.44. The molecule has 7 heteroatoms. The van der Waals surface area contributed by atoms with E-state index in [1.807, 2.05) is 11.8 Å². The number of benzene rings is 1. The van der Waals surface area contributed by atoms with Gasteiger partial charge in [-0.15, -0.1) is 0 Å². The molecule has 29 heavy (non-hydrogen) atoms. The van der Waals surface area contributed by atoms with Gasteiger partial charge in [0.05, 0.1) is 13.2 Å². The average molecular weight is 399 g/mol. The van der Waals surface area contributed by atoms with Crippen LogP contribution in [0.4, 0.5) is 5.95 Å². The van der Waals surface area contributed by atoms with Crippen molar-refractivity contribution in [1.82, 2.24) is 14.9 Å². The standard InChI is InChI=1S/C22H30N4O3/c1-4-17-5-7-18(8-6-17)15-25(3)20(27)10-9-19-16(2)23-22(24-21(19)28)26-11-13-29-14-12-26/h5-8H,4,9-15H2,1-3H3,(H,23,24,28). The first-order valence-electron chi connectivity index (χ1n) is 10.2. The lowest BCUT2D eigenvalue weighted by Gasteiger charge is -2.27. The second-order valence-corrected chi connectivity index (χ2v) is 7.47. The van der Waals surface area contributed by atoms with Crippen LogP contribution in [0.15, 0.2) is 29.1 Å². The molecule has 0 radical (unpaired) electrons. The smallest absolute Gasteiger partial charge is 0.255 e. The maximum absolute atomic E-state index is 12.6. The molecule has 1 amide bonds. The molecule has 0 unspecified atom stereocenters. The second-order valence-electron chi connectivity index (χ2n) is 7.47. The number of aromatic nitrogens is 2. The molecule has 0 spiro atoms. The van der Waals surface area contributed by atoms with Crippen LogP contribution < -0.4 is 10.5 Å². The Morgan fingerprint density at radius 2 is 1.86 bits per heavy atom. The Morgan fingerprint density at radius 3 is 2.48 bits per heavy atom. The molecular weight excluding hydrogens is 368 g/mol. The van der Waals surface area contributed by atoms with Crippen molar-refractivity contribution in [1.29, 1.82) is 0 Å². The molecule has 1 aliphatic rings. The number of hydrogen-bond acceptors (Lipinski definition) is 5. The number of nitrogens with one attached hydrogen (secondary N) is 1. The van der Waals surface area contributed by atoms with Gasteiger partial charge < -0.3 is 14.5 Å². The van der Waals surface area contributed by atoms with Crippen LogP contribution in [0.2, 0.25) is 0 Å². The summed E-state index contributed by atoms with van der Waals surface area (Å²) in [6.07, 6.45) is 1.67. The van der Waals surface area contributed by atoms with Crippen LogP contribution in [0.3, 0.4) is 0 Å². The molecule has 1 aromatic heterocycles. The van der Waals surface area contributed by atoms with Crippen LogP contribution in [-0.4, -0.2) is 54.1 Å². The van der Waals surface area contributed by atoms with Crippen LogP contribution in [0.25, 0.3) is 0 Å². The third-order valence-electron chi connectivity index (χ3n) is 5.39. The molecule has 0 bridgehead atoms. The van der Waals surface area contributed by atoms with Crippen molar-refractivity contribution < 1.29 is 9.53 Å². The Labute approximate surface area is 171 Å². The van der Waals surface area contributed by atoms with E-state index in [9.17, 15) is 9.59 Å². The maximum atomic E-state index is 12.6. The molecule has 0 atom stereocenters.